The zero-order valence-corrected chi connectivity index (χ0v) is 9.14. The summed E-state index contributed by atoms with van der Waals surface area (Å²) in [6.45, 7) is -1.34. The fraction of sp³-hybridized carbons (Fsp3) is 1.00. The highest BCUT2D eigenvalue weighted by Gasteiger charge is 2.57. The Kier molecular flexibility index (Phi) is 4.24. The van der Waals surface area contributed by atoms with Crippen molar-refractivity contribution in [3.8, 4) is 0 Å². The molecule has 0 amide bonds. The second-order valence-corrected chi connectivity index (χ2v) is 4.61. The van der Waals surface area contributed by atoms with Crippen LogP contribution in [0, 0.1) is 0 Å². The Morgan fingerprint density at radius 3 is 2.24 bits per heavy atom. The Balaban J connectivity index is 3.02. The lowest BCUT2D eigenvalue weighted by Gasteiger charge is -2.44. The number of phosphoric acid groups is 1. The first-order valence-corrected chi connectivity index (χ1v) is 5.89. The van der Waals surface area contributed by atoms with Crippen molar-refractivity contribution in [2.24, 2.45) is 0 Å². The van der Waals surface area contributed by atoms with Crippen LogP contribution in [0.25, 0.3) is 0 Å². The fourth-order valence-corrected chi connectivity index (χ4v) is 1.98. The number of aliphatic hydroxyl groups is 4. The molecule has 0 aromatic rings. The van der Waals surface area contributed by atoms with E-state index in [1.807, 2.05) is 0 Å². The first kappa shape index (κ1) is 14.9. The van der Waals surface area contributed by atoms with Gasteiger partial charge in [-0.15, -0.1) is 0 Å². The van der Waals surface area contributed by atoms with Gasteiger partial charge in [-0.3, -0.25) is 0 Å². The average Bonchev–Trinajstić information content (AvgIpc) is 2.21. The van der Waals surface area contributed by atoms with E-state index in [1.165, 1.54) is 0 Å². The second kappa shape index (κ2) is 4.84. The van der Waals surface area contributed by atoms with Crippen molar-refractivity contribution in [1.82, 2.24) is 0 Å². The van der Waals surface area contributed by atoms with E-state index in [1.54, 1.807) is 0 Å². The van der Waals surface area contributed by atoms with Crippen molar-refractivity contribution in [3.63, 3.8) is 0 Å². The van der Waals surface area contributed by atoms with Crippen molar-refractivity contribution < 1.29 is 48.4 Å². The molecule has 0 saturated carbocycles. The molecule has 5 atom stereocenters. The molecule has 0 bridgehead atoms. The molecule has 11 heteroatoms. The highest BCUT2D eigenvalue weighted by Crippen LogP contribution is 2.45. The molecule has 1 unspecified atom stereocenters. The van der Waals surface area contributed by atoms with Crippen molar-refractivity contribution >= 4 is 7.82 Å². The van der Waals surface area contributed by atoms with Gasteiger partial charge in [0.15, 0.2) is 0 Å². The number of hydrogen-bond acceptors (Lipinski definition) is 7. The molecule has 1 saturated heterocycles. The molecular formula is C6H12FO9P. The number of halogens is 1. The number of ether oxygens (including phenoxy) is 1. The summed E-state index contributed by atoms with van der Waals surface area (Å²) in [6, 6.07) is 0. The van der Waals surface area contributed by atoms with Gasteiger partial charge < -0.3 is 34.9 Å². The number of rotatable bonds is 3. The highest BCUT2D eigenvalue weighted by molar-refractivity contribution is 7.46. The van der Waals surface area contributed by atoms with Crippen LogP contribution >= 0.6 is 7.82 Å². The number of phosphoric ester groups is 1. The third-order valence-electron chi connectivity index (χ3n) is 2.20. The van der Waals surface area contributed by atoms with Crippen LogP contribution in [0.2, 0.25) is 0 Å². The monoisotopic (exact) mass is 278 g/mol. The quantitative estimate of drug-likeness (QED) is 0.300. The van der Waals surface area contributed by atoms with Gasteiger partial charge in [0.25, 0.3) is 0 Å². The summed E-state index contributed by atoms with van der Waals surface area (Å²) in [4.78, 5) is 17.1. The van der Waals surface area contributed by atoms with E-state index in [4.69, 9.17) is 20.0 Å². The summed E-state index contributed by atoms with van der Waals surface area (Å²) in [6.07, 6.45) is -9.11. The van der Waals surface area contributed by atoms with Crippen molar-refractivity contribution in [2.45, 2.75) is 30.5 Å². The minimum Gasteiger partial charge on any atom is -0.391 e. The van der Waals surface area contributed by atoms with Crippen molar-refractivity contribution in [2.75, 3.05) is 6.61 Å². The van der Waals surface area contributed by atoms with Gasteiger partial charge in [-0.05, 0) is 0 Å². The maximum absolute atomic E-state index is 13.1. The molecule has 17 heavy (non-hydrogen) atoms. The minimum absolute atomic E-state index is 1.34. The Bertz CT molecular complexity index is 321. The average molecular weight is 278 g/mol. The van der Waals surface area contributed by atoms with Crippen LogP contribution in [-0.2, 0) is 13.8 Å². The predicted molar refractivity (Wildman–Crippen MR) is 46.9 cm³/mol. The first-order chi connectivity index (χ1) is 7.63. The Morgan fingerprint density at radius 1 is 1.29 bits per heavy atom. The van der Waals surface area contributed by atoms with Gasteiger partial charge in [0.2, 0.25) is 12.1 Å². The normalized spacial score (nSPS) is 43.7. The summed E-state index contributed by atoms with van der Waals surface area (Å²) < 4.78 is 31.8. The van der Waals surface area contributed by atoms with E-state index in [9.17, 15) is 19.2 Å². The third kappa shape index (κ3) is 2.99. The van der Waals surface area contributed by atoms with Gasteiger partial charge in [0.05, 0.1) is 0 Å². The van der Waals surface area contributed by atoms with Crippen molar-refractivity contribution in [3.05, 3.63) is 0 Å². The first-order valence-electron chi connectivity index (χ1n) is 4.36. The second-order valence-electron chi connectivity index (χ2n) is 3.45. The summed E-state index contributed by atoms with van der Waals surface area (Å²) in [7, 11) is -5.23. The lowest BCUT2D eigenvalue weighted by Crippen LogP contribution is -2.65. The van der Waals surface area contributed by atoms with E-state index in [2.05, 4.69) is 9.26 Å². The molecule has 0 spiro atoms. The van der Waals surface area contributed by atoms with E-state index in [-0.39, 0.29) is 0 Å². The molecule has 0 aromatic heterocycles. The van der Waals surface area contributed by atoms with Crippen LogP contribution in [0.1, 0.15) is 0 Å². The van der Waals surface area contributed by atoms with Gasteiger partial charge in [-0.1, -0.05) is 0 Å². The molecule has 0 aliphatic carbocycles. The van der Waals surface area contributed by atoms with Gasteiger partial charge >= 0.3 is 7.82 Å². The number of hydrogen-bond donors (Lipinski definition) is 6. The molecule has 9 nitrogen and oxygen atoms in total. The standard InChI is InChI=1S/C6H12FO9P/c7-5-3(10)2(9)4(11)6(1-8,15-5)16-17(12,13)14/h2-5,8-11H,1H2,(H2,12,13,14)/t2-,3-,4+,5?,6-/m1/s1. The van der Waals surface area contributed by atoms with Crippen molar-refractivity contribution in [1.29, 1.82) is 0 Å². The van der Waals surface area contributed by atoms with E-state index in [0.717, 1.165) is 0 Å². The van der Waals surface area contributed by atoms with Gasteiger partial charge in [-0.25, -0.2) is 13.5 Å². The van der Waals surface area contributed by atoms with E-state index < -0.39 is 44.9 Å². The summed E-state index contributed by atoms with van der Waals surface area (Å²) in [5.74, 6) is -2.85. The smallest absolute Gasteiger partial charge is 0.391 e. The largest absolute Gasteiger partial charge is 0.472 e. The highest BCUT2D eigenvalue weighted by atomic mass is 31.2. The Morgan fingerprint density at radius 2 is 1.82 bits per heavy atom. The van der Waals surface area contributed by atoms with Crippen LogP contribution in [-0.4, -0.2) is 67.3 Å². The third-order valence-corrected chi connectivity index (χ3v) is 2.75. The fourth-order valence-electron chi connectivity index (χ4n) is 1.37. The molecular weight excluding hydrogens is 266 g/mol. The molecule has 1 rings (SSSR count). The topological polar surface area (TPSA) is 157 Å². The van der Waals surface area contributed by atoms with Gasteiger partial charge in [-0.2, -0.15) is 0 Å². The summed E-state index contributed by atoms with van der Waals surface area (Å²) in [5.41, 5.74) is 0. The zero-order valence-electron chi connectivity index (χ0n) is 8.25. The minimum atomic E-state index is -5.23. The molecule has 1 fully saturated rings. The van der Waals surface area contributed by atoms with Crippen LogP contribution in [0.15, 0.2) is 0 Å². The molecule has 1 aliphatic rings. The maximum atomic E-state index is 13.1. The zero-order chi connectivity index (χ0) is 13.4. The molecule has 1 aliphatic heterocycles. The number of alkyl halides is 1. The van der Waals surface area contributed by atoms with Crippen LogP contribution in [0.4, 0.5) is 4.39 Å². The van der Waals surface area contributed by atoms with Gasteiger partial charge in [0.1, 0.15) is 24.9 Å². The Labute approximate surface area is 94.3 Å². The lowest BCUT2D eigenvalue weighted by atomic mass is 9.97. The SMILES string of the molecule is O=P(O)(O)O[C@@]1(CO)OC(F)[C@H](O)[C@@H](O)[C@@H]1O. The number of aliphatic hydroxyl groups excluding tert-OH is 4. The van der Waals surface area contributed by atoms with Crippen LogP contribution in [0.3, 0.4) is 0 Å². The van der Waals surface area contributed by atoms with E-state index >= 15 is 0 Å². The Hall–Kier alpha value is -0.160. The van der Waals surface area contributed by atoms with Crippen LogP contribution < -0.4 is 0 Å². The molecule has 1 heterocycles. The predicted octanol–water partition coefficient (Wildman–Crippen LogP) is -2.81. The molecule has 6 N–H and O–H groups in total. The molecule has 0 aromatic carbocycles. The summed E-state index contributed by atoms with van der Waals surface area (Å²) >= 11 is 0. The lowest BCUT2D eigenvalue weighted by molar-refractivity contribution is -0.368. The van der Waals surface area contributed by atoms with Crippen LogP contribution in [0.5, 0.6) is 0 Å². The molecule has 102 valence electrons. The summed E-state index contributed by atoms with van der Waals surface area (Å²) in [5, 5.41) is 36.5. The maximum Gasteiger partial charge on any atom is 0.472 e. The van der Waals surface area contributed by atoms with Gasteiger partial charge in [0, 0.05) is 0 Å². The molecule has 0 radical (unpaired) electrons. The van der Waals surface area contributed by atoms with E-state index in [0.29, 0.717) is 0 Å².